The smallest absolute Gasteiger partial charge is 0.123 e. The summed E-state index contributed by atoms with van der Waals surface area (Å²) in [6, 6.07) is 6.96. The summed E-state index contributed by atoms with van der Waals surface area (Å²) < 4.78 is 18.9. The van der Waals surface area contributed by atoms with Gasteiger partial charge in [0.05, 0.1) is 12.1 Å². The van der Waals surface area contributed by atoms with Crippen molar-refractivity contribution in [2.24, 2.45) is 0 Å². The molecule has 2 rings (SSSR count). The van der Waals surface area contributed by atoms with Gasteiger partial charge in [-0.25, -0.2) is 4.39 Å². The van der Waals surface area contributed by atoms with Gasteiger partial charge in [-0.3, -0.25) is 0 Å². The molecule has 1 heterocycles. The second kappa shape index (κ2) is 4.98. The maximum Gasteiger partial charge on any atom is 0.123 e. The van der Waals surface area contributed by atoms with Crippen LogP contribution in [0.15, 0.2) is 24.3 Å². The summed E-state index contributed by atoms with van der Waals surface area (Å²) in [5.41, 5.74) is 5.21. The van der Waals surface area contributed by atoms with Crippen molar-refractivity contribution in [2.75, 3.05) is 13.2 Å². The summed E-state index contributed by atoms with van der Waals surface area (Å²) >= 11 is 0. The number of hydrogen-bond acceptors (Lipinski definition) is 1. The van der Waals surface area contributed by atoms with E-state index in [0.717, 1.165) is 32.4 Å². The van der Waals surface area contributed by atoms with Gasteiger partial charge >= 0.3 is 0 Å². The summed E-state index contributed by atoms with van der Waals surface area (Å²) in [4.78, 5) is 0. The highest BCUT2D eigenvalue weighted by Crippen LogP contribution is 2.43. The molecule has 1 aliphatic heterocycles. The summed E-state index contributed by atoms with van der Waals surface area (Å²) in [5.74, 6) is -0.171. The van der Waals surface area contributed by atoms with Gasteiger partial charge in [0.2, 0.25) is 0 Å². The average molecular weight is 252 g/mol. The van der Waals surface area contributed by atoms with E-state index >= 15 is 0 Å². The molecule has 1 fully saturated rings. The van der Waals surface area contributed by atoms with Gasteiger partial charge in [-0.2, -0.15) is 0 Å². The van der Waals surface area contributed by atoms with Crippen molar-refractivity contribution in [3.8, 4) is 0 Å². The van der Waals surface area contributed by atoms with Gasteiger partial charge in [0.25, 0.3) is 0 Å². The number of quaternary nitrogens is 1. The summed E-state index contributed by atoms with van der Waals surface area (Å²) in [5, 5.41) is 0. The first-order valence-electron chi connectivity index (χ1n) is 6.67. The number of halogens is 1. The third-order valence-corrected chi connectivity index (χ3v) is 3.95. The van der Waals surface area contributed by atoms with Crippen LogP contribution in [-0.2, 0) is 10.2 Å². The second-order valence-electron chi connectivity index (χ2n) is 5.93. The first-order chi connectivity index (χ1) is 8.47. The Hall–Kier alpha value is -0.930. The topological polar surface area (TPSA) is 36.9 Å². The molecule has 1 aromatic rings. The molecule has 1 atom stereocenters. The van der Waals surface area contributed by atoms with Crippen LogP contribution in [0.1, 0.15) is 38.7 Å². The molecule has 0 bridgehead atoms. The maximum absolute atomic E-state index is 13.1. The lowest BCUT2D eigenvalue weighted by molar-refractivity contribution is -0.372. The first kappa shape index (κ1) is 13.5. The van der Waals surface area contributed by atoms with E-state index in [1.54, 1.807) is 12.1 Å². The molecule has 0 amide bonds. The van der Waals surface area contributed by atoms with Crippen molar-refractivity contribution in [3.63, 3.8) is 0 Å². The van der Waals surface area contributed by atoms with Crippen molar-refractivity contribution in [1.82, 2.24) is 0 Å². The summed E-state index contributed by atoms with van der Waals surface area (Å²) in [6.45, 7) is 5.93. The Kier molecular flexibility index (Phi) is 3.74. The number of benzene rings is 1. The minimum atomic E-state index is -0.171. The van der Waals surface area contributed by atoms with Gasteiger partial charge in [-0.15, -0.1) is 0 Å². The molecule has 0 aliphatic carbocycles. The van der Waals surface area contributed by atoms with Gasteiger partial charge < -0.3 is 10.5 Å². The number of ether oxygens (including phenoxy) is 1. The van der Waals surface area contributed by atoms with Crippen molar-refractivity contribution in [3.05, 3.63) is 35.6 Å². The Morgan fingerprint density at radius 3 is 2.50 bits per heavy atom. The standard InChI is InChI=1S/C15H22FNO/c1-14(2)11-15(7-9-17,8-10-18-14)12-3-5-13(16)6-4-12/h3-6H,7-11,17H2,1-2H3/p+1. The van der Waals surface area contributed by atoms with Crippen LogP contribution in [-0.4, -0.2) is 18.8 Å². The third kappa shape index (κ3) is 2.73. The molecule has 1 aromatic carbocycles. The second-order valence-corrected chi connectivity index (χ2v) is 5.93. The van der Waals surface area contributed by atoms with Gasteiger partial charge in [-0.1, -0.05) is 12.1 Å². The number of rotatable bonds is 3. The number of hydrogen-bond donors (Lipinski definition) is 1. The van der Waals surface area contributed by atoms with Gasteiger partial charge in [-0.05, 0) is 44.4 Å². The predicted octanol–water partition coefficient (Wildman–Crippen LogP) is 2.28. The monoisotopic (exact) mass is 252 g/mol. The van der Waals surface area contributed by atoms with Crippen molar-refractivity contribution in [2.45, 2.75) is 44.1 Å². The Morgan fingerprint density at radius 2 is 1.94 bits per heavy atom. The van der Waals surface area contributed by atoms with E-state index in [1.807, 2.05) is 12.1 Å². The van der Waals surface area contributed by atoms with Gasteiger partial charge in [0.1, 0.15) is 5.82 Å². The van der Waals surface area contributed by atoms with Crippen molar-refractivity contribution >= 4 is 0 Å². The molecule has 18 heavy (non-hydrogen) atoms. The van der Waals surface area contributed by atoms with Crippen LogP contribution < -0.4 is 5.73 Å². The molecule has 2 nitrogen and oxygen atoms in total. The van der Waals surface area contributed by atoms with Crippen LogP contribution >= 0.6 is 0 Å². The van der Waals surface area contributed by atoms with Crippen LogP contribution in [0.5, 0.6) is 0 Å². The fourth-order valence-electron chi connectivity index (χ4n) is 3.22. The molecule has 1 unspecified atom stereocenters. The predicted molar refractivity (Wildman–Crippen MR) is 69.7 cm³/mol. The summed E-state index contributed by atoms with van der Waals surface area (Å²) in [6.07, 6.45) is 3.00. The zero-order valence-electron chi connectivity index (χ0n) is 11.3. The van der Waals surface area contributed by atoms with Crippen molar-refractivity contribution < 1.29 is 14.9 Å². The zero-order valence-corrected chi connectivity index (χ0v) is 11.3. The Labute approximate surface area is 108 Å². The largest absolute Gasteiger partial charge is 0.376 e. The molecule has 1 saturated heterocycles. The highest BCUT2D eigenvalue weighted by atomic mass is 19.1. The van der Waals surface area contributed by atoms with Gasteiger partial charge in [0.15, 0.2) is 0 Å². The highest BCUT2D eigenvalue weighted by molar-refractivity contribution is 5.27. The molecular weight excluding hydrogens is 229 g/mol. The zero-order chi connectivity index (χ0) is 13.2. The Morgan fingerprint density at radius 1 is 1.28 bits per heavy atom. The van der Waals surface area contributed by atoms with Crippen molar-refractivity contribution in [1.29, 1.82) is 0 Å². The fraction of sp³-hybridized carbons (Fsp3) is 0.600. The molecular formula is C15H23FNO+. The Balaban J connectivity index is 2.34. The summed E-state index contributed by atoms with van der Waals surface area (Å²) in [7, 11) is 0. The molecule has 3 N–H and O–H groups in total. The lowest BCUT2D eigenvalue weighted by Crippen LogP contribution is -2.55. The van der Waals surface area contributed by atoms with E-state index in [4.69, 9.17) is 4.74 Å². The maximum atomic E-state index is 13.1. The minimum Gasteiger partial charge on any atom is -0.376 e. The normalized spacial score (nSPS) is 27.1. The highest BCUT2D eigenvalue weighted by Gasteiger charge is 2.41. The fourth-order valence-corrected chi connectivity index (χ4v) is 3.22. The average Bonchev–Trinajstić information content (AvgIpc) is 2.28. The quantitative estimate of drug-likeness (QED) is 0.880. The van der Waals surface area contributed by atoms with E-state index in [2.05, 4.69) is 19.6 Å². The molecule has 1 aliphatic rings. The van der Waals surface area contributed by atoms with Crippen LogP contribution in [0, 0.1) is 5.82 Å². The van der Waals surface area contributed by atoms with Crippen LogP contribution in [0.25, 0.3) is 0 Å². The molecule has 0 radical (unpaired) electrons. The van der Waals surface area contributed by atoms with E-state index in [1.165, 1.54) is 5.56 Å². The van der Waals surface area contributed by atoms with Crippen LogP contribution in [0.4, 0.5) is 4.39 Å². The van der Waals surface area contributed by atoms with E-state index in [-0.39, 0.29) is 16.8 Å². The molecule has 100 valence electrons. The molecule has 0 aromatic heterocycles. The minimum absolute atomic E-state index is 0.0944. The molecule has 0 saturated carbocycles. The first-order valence-corrected chi connectivity index (χ1v) is 6.67. The lowest BCUT2D eigenvalue weighted by Gasteiger charge is -2.45. The Bertz CT molecular complexity index is 397. The molecule has 0 spiro atoms. The SMILES string of the molecule is CC1(C)CC(CC[NH3+])(c2ccc(F)cc2)CCO1. The van der Waals surface area contributed by atoms with Gasteiger partial charge in [0, 0.05) is 18.4 Å². The molecule has 3 heteroatoms. The van der Waals surface area contributed by atoms with E-state index in [9.17, 15) is 4.39 Å². The third-order valence-electron chi connectivity index (χ3n) is 3.95. The van der Waals surface area contributed by atoms with Crippen LogP contribution in [0.2, 0.25) is 0 Å². The van der Waals surface area contributed by atoms with Crippen LogP contribution in [0.3, 0.4) is 0 Å². The lowest BCUT2D eigenvalue weighted by atomic mass is 9.67. The van der Waals surface area contributed by atoms with E-state index < -0.39 is 0 Å². The van der Waals surface area contributed by atoms with E-state index in [0.29, 0.717) is 0 Å².